The first-order valence-electron chi connectivity index (χ1n) is 6.15. The van der Waals surface area contributed by atoms with E-state index in [0.29, 0.717) is 0 Å². The number of hydrogen-bond donors (Lipinski definition) is 0. The van der Waals surface area contributed by atoms with Crippen molar-refractivity contribution >= 4 is 20.3 Å². The molecule has 2 radical (unpaired) electrons. The van der Waals surface area contributed by atoms with Gasteiger partial charge in [0, 0.05) is 9.52 Å². The summed E-state index contributed by atoms with van der Waals surface area (Å²) in [6.45, 7) is 6.43. The molecule has 0 heterocycles. The topological polar surface area (TPSA) is 0 Å². The molecule has 3 rings (SSSR count). The van der Waals surface area contributed by atoms with Crippen LogP contribution in [0.1, 0.15) is 5.56 Å². The van der Waals surface area contributed by atoms with E-state index < -0.39 is 0 Å². The molecule has 0 aliphatic heterocycles. The van der Waals surface area contributed by atoms with E-state index in [1.54, 1.807) is 0 Å². The third-order valence-corrected chi connectivity index (χ3v) is 2.32. The van der Waals surface area contributed by atoms with Crippen LogP contribution in [0.5, 0.6) is 0 Å². The summed E-state index contributed by atoms with van der Waals surface area (Å²) in [5.74, 6) is 0. The Bertz CT molecular complexity index is 482. The van der Waals surface area contributed by atoms with Crippen LogP contribution in [-0.2, 0) is 26.2 Å². The zero-order valence-electron chi connectivity index (χ0n) is 12.6. The van der Waals surface area contributed by atoms with Gasteiger partial charge in [-0.1, -0.05) is 26.1 Å². The molecule has 0 aliphatic rings. The normalized spacial score (nSPS) is 7.76. The van der Waals surface area contributed by atoms with Crippen LogP contribution in [0.25, 0.3) is 10.8 Å². The SMILES string of the molecule is C[Si]C.Cc1cc2ccccc2[cH-]1.[Cl-].[Cl-].[Zr+4].c1cc[cH-]c1. The van der Waals surface area contributed by atoms with Crippen LogP contribution in [0.4, 0.5) is 0 Å². The van der Waals surface area contributed by atoms with Gasteiger partial charge in [0.15, 0.2) is 0 Å². The summed E-state index contributed by atoms with van der Waals surface area (Å²) in [4.78, 5) is 0. The van der Waals surface area contributed by atoms with Crippen molar-refractivity contribution in [2.75, 3.05) is 0 Å². The maximum Gasteiger partial charge on any atom is 4.00 e. The molecule has 0 saturated carbocycles. The van der Waals surface area contributed by atoms with Crippen molar-refractivity contribution in [1.82, 2.24) is 0 Å². The molecule has 0 aliphatic carbocycles. The Labute approximate surface area is 162 Å². The molecule has 0 nitrogen and oxygen atoms in total. The van der Waals surface area contributed by atoms with Crippen LogP contribution in [0.2, 0.25) is 13.1 Å². The number of fused-ring (bicyclic) bond motifs is 1. The van der Waals surface area contributed by atoms with E-state index in [1.165, 1.54) is 16.3 Å². The van der Waals surface area contributed by atoms with Gasteiger partial charge in [0.1, 0.15) is 0 Å². The van der Waals surface area contributed by atoms with E-state index in [9.17, 15) is 0 Å². The minimum absolute atomic E-state index is 0. The van der Waals surface area contributed by atoms with E-state index in [0.717, 1.165) is 9.52 Å². The second-order valence-electron chi connectivity index (χ2n) is 4.12. The summed E-state index contributed by atoms with van der Waals surface area (Å²) in [6, 6.07) is 22.8. The molecular weight excluding hydrogens is 394 g/mol. The summed E-state index contributed by atoms with van der Waals surface area (Å²) in [5, 5.41) is 2.69. The standard InChI is InChI=1S/C10H9.C5H5.C2H6Si.2ClH.Zr/c1-8-6-9-4-2-3-5-10(9)7-8;1-2-4-5-3-1;1-3-2;;;/h2-7H,1H3;1-5H;1-2H3;2*1H;/q2*-1;;;;+4/p-2. The quantitative estimate of drug-likeness (QED) is 0.329. The monoisotopic (exact) mass is 412 g/mol. The third-order valence-electron chi connectivity index (χ3n) is 2.32. The first-order chi connectivity index (χ1) is 8.77. The maximum absolute atomic E-state index is 2.20. The molecule has 3 aromatic rings. The van der Waals surface area contributed by atoms with Crippen molar-refractivity contribution in [1.29, 1.82) is 0 Å². The molecule has 4 heteroatoms. The Morgan fingerprint density at radius 3 is 1.86 bits per heavy atom. The molecule has 21 heavy (non-hydrogen) atoms. The number of aryl methyl sites for hydroxylation is 1. The second-order valence-corrected chi connectivity index (χ2v) is 5.12. The van der Waals surface area contributed by atoms with Crippen LogP contribution in [-0.4, -0.2) is 9.52 Å². The van der Waals surface area contributed by atoms with E-state index in [4.69, 9.17) is 0 Å². The molecular formula is C17H20Cl2SiZr. The van der Waals surface area contributed by atoms with Crippen molar-refractivity contribution in [3.05, 3.63) is 72.3 Å². The van der Waals surface area contributed by atoms with Gasteiger partial charge in [0.05, 0.1) is 0 Å². The van der Waals surface area contributed by atoms with Crippen molar-refractivity contribution in [2.45, 2.75) is 20.0 Å². The zero-order valence-corrected chi connectivity index (χ0v) is 17.6. The fourth-order valence-corrected chi connectivity index (χ4v) is 1.63. The van der Waals surface area contributed by atoms with Gasteiger partial charge in [0.2, 0.25) is 0 Å². The zero-order chi connectivity index (χ0) is 13.2. The summed E-state index contributed by atoms with van der Waals surface area (Å²) < 4.78 is 0. The van der Waals surface area contributed by atoms with Crippen molar-refractivity contribution in [3.8, 4) is 0 Å². The van der Waals surface area contributed by atoms with Crippen molar-refractivity contribution in [2.24, 2.45) is 0 Å². The average Bonchev–Trinajstić information content (AvgIpc) is 3.00. The summed E-state index contributed by atoms with van der Waals surface area (Å²) in [5.41, 5.74) is 1.35. The Hall–Kier alpha value is -0.140. The van der Waals surface area contributed by atoms with Crippen LogP contribution < -0.4 is 24.8 Å². The predicted octanol–water partition coefficient (Wildman–Crippen LogP) is -0.935. The average molecular weight is 415 g/mol. The fourth-order valence-electron chi connectivity index (χ4n) is 1.63. The Morgan fingerprint density at radius 2 is 1.43 bits per heavy atom. The first kappa shape index (κ1) is 25.8. The van der Waals surface area contributed by atoms with Gasteiger partial charge in [-0.2, -0.15) is 24.3 Å². The second kappa shape index (κ2) is 16.2. The molecule has 110 valence electrons. The minimum Gasteiger partial charge on any atom is -1.00 e. The fraction of sp³-hybridized carbons (Fsp3) is 0.176. The van der Waals surface area contributed by atoms with Gasteiger partial charge in [-0.05, 0) is 0 Å². The van der Waals surface area contributed by atoms with Gasteiger partial charge in [0.25, 0.3) is 0 Å². The van der Waals surface area contributed by atoms with Crippen molar-refractivity contribution < 1.29 is 51.0 Å². The first-order valence-corrected chi connectivity index (χ1v) is 8.15. The van der Waals surface area contributed by atoms with E-state index >= 15 is 0 Å². The Balaban J connectivity index is -0.000000256. The van der Waals surface area contributed by atoms with Crippen LogP contribution >= 0.6 is 0 Å². The molecule has 3 aromatic carbocycles. The summed E-state index contributed by atoms with van der Waals surface area (Å²) in [7, 11) is 1.08. The Kier molecular flexibility index (Phi) is 19.9. The van der Waals surface area contributed by atoms with E-state index in [2.05, 4.69) is 56.4 Å². The largest absolute Gasteiger partial charge is 4.00 e. The maximum atomic E-state index is 2.20. The minimum atomic E-state index is 0. The third kappa shape index (κ3) is 11.1. The van der Waals surface area contributed by atoms with Gasteiger partial charge < -0.3 is 24.8 Å². The van der Waals surface area contributed by atoms with Crippen molar-refractivity contribution in [3.63, 3.8) is 0 Å². The molecule has 0 unspecified atom stereocenters. The van der Waals surface area contributed by atoms with Gasteiger partial charge in [-0.25, -0.2) is 12.1 Å². The number of hydrogen-bond acceptors (Lipinski definition) is 0. The number of rotatable bonds is 0. The van der Waals surface area contributed by atoms with Gasteiger partial charge in [-0.15, -0.1) is 40.6 Å². The molecule has 0 aromatic heterocycles. The number of benzene rings is 1. The summed E-state index contributed by atoms with van der Waals surface area (Å²) >= 11 is 0. The molecule has 0 spiro atoms. The molecule has 0 saturated heterocycles. The smallest absolute Gasteiger partial charge is 1.00 e. The molecule has 0 atom stereocenters. The number of halogens is 2. The van der Waals surface area contributed by atoms with Crippen LogP contribution in [0.15, 0.2) is 66.7 Å². The predicted molar refractivity (Wildman–Crippen MR) is 83.8 cm³/mol. The molecule has 0 bridgehead atoms. The molecule has 0 N–H and O–H groups in total. The van der Waals surface area contributed by atoms with E-state index in [-0.39, 0.29) is 51.0 Å². The van der Waals surface area contributed by atoms with E-state index in [1.807, 2.05) is 30.3 Å². The Morgan fingerprint density at radius 1 is 0.905 bits per heavy atom. The van der Waals surface area contributed by atoms with Crippen LogP contribution in [0, 0.1) is 6.92 Å². The molecule has 0 fully saturated rings. The summed E-state index contributed by atoms with van der Waals surface area (Å²) in [6.07, 6.45) is 0. The molecule has 0 amide bonds. The van der Waals surface area contributed by atoms with Crippen LogP contribution in [0.3, 0.4) is 0 Å². The van der Waals surface area contributed by atoms with Gasteiger partial charge in [-0.3, -0.25) is 0 Å². The van der Waals surface area contributed by atoms with Gasteiger partial charge >= 0.3 is 26.2 Å².